The first-order chi connectivity index (χ1) is 9.62. The van der Waals surface area contributed by atoms with Crippen LogP contribution in [0.4, 0.5) is 18.9 Å². The van der Waals surface area contributed by atoms with Gasteiger partial charge in [-0.3, -0.25) is 0 Å². The lowest BCUT2D eigenvalue weighted by Gasteiger charge is -2.18. The molecule has 120 valence electrons. The lowest BCUT2D eigenvalue weighted by atomic mass is 10.3. The Bertz CT molecular complexity index is 562. The highest BCUT2D eigenvalue weighted by Crippen LogP contribution is 2.25. The first kappa shape index (κ1) is 18.1. The number of anilines is 1. The molecule has 0 unspecified atom stereocenters. The average Bonchev–Trinajstić information content (AvgIpc) is 2.37. The molecule has 0 saturated carbocycles. The predicted octanol–water partition coefficient (Wildman–Crippen LogP) is 2.57. The molecule has 0 aliphatic rings. The second kappa shape index (κ2) is 7.37. The van der Waals surface area contributed by atoms with Crippen LogP contribution in [-0.2, 0) is 10.0 Å². The van der Waals surface area contributed by atoms with Gasteiger partial charge < -0.3 is 5.73 Å². The van der Waals surface area contributed by atoms with Crippen molar-refractivity contribution in [3.05, 3.63) is 24.3 Å². The SMILES string of the molecule is CN(CCC(F)(F)F)S(=O)(=O)CCSc1ccccc1N. The van der Waals surface area contributed by atoms with Gasteiger partial charge in [-0.2, -0.15) is 13.2 Å². The van der Waals surface area contributed by atoms with E-state index in [0.717, 1.165) is 16.2 Å². The molecule has 0 amide bonds. The fraction of sp³-hybridized carbons (Fsp3) is 0.500. The highest BCUT2D eigenvalue weighted by molar-refractivity contribution is 8.00. The van der Waals surface area contributed by atoms with E-state index in [9.17, 15) is 21.6 Å². The minimum Gasteiger partial charge on any atom is -0.398 e. The number of rotatable bonds is 7. The normalized spacial score (nSPS) is 12.8. The van der Waals surface area contributed by atoms with E-state index < -0.39 is 29.2 Å². The van der Waals surface area contributed by atoms with Crippen LogP contribution in [0.25, 0.3) is 0 Å². The maximum absolute atomic E-state index is 12.1. The maximum Gasteiger partial charge on any atom is 0.390 e. The number of hydrogen-bond donors (Lipinski definition) is 1. The van der Waals surface area contributed by atoms with Crippen LogP contribution in [0.15, 0.2) is 29.2 Å². The summed E-state index contributed by atoms with van der Waals surface area (Å²) in [5.41, 5.74) is 6.27. The summed E-state index contributed by atoms with van der Waals surface area (Å²) in [6.07, 6.45) is -5.52. The standard InChI is InChI=1S/C12H17F3N2O2S2/c1-17(7-6-12(13,14)15)21(18,19)9-8-20-11-5-3-2-4-10(11)16/h2-5H,6-9,16H2,1H3. The monoisotopic (exact) mass is 342 g/mol. The minimum absolute atomic E-state index is 0.229. The zero-order valence-electron chi connectivity index (χ0n) is 11.4. The molecule has 0 saturated heterocycles. The van der Waals surface area contributed by atoms with Crippen molar-refractivity contribution < 1.29 is 21.6 Å². The summed E-state index contributed by atoms with van der Waals surface area (Å²) in [6.45, 7) is -0.566. The summed E-state index contributed by atoms with van der Waals surface area (Å²) < 4.78 is 60.7. The molecule has 1 rings (SSSR count). The Morgan fingerprint density at radius 2 is 1.90 bits per heavy atom. The Balaban J connectivity index is 2.48. The molecule has 1 aromatic rings. The van der Waals surface area contributed by atoms with E-state index in [-0.39, 0.29) is 11.5 Å². The molecule has 0 bridgehead atoms. The van der Waals surface area contributed by atoms with Crippen molar-refractivity contribution in [1.29, 1.82) is 0 Å². The Hall–Kier alpha value is -0.930. The lowest BCUT2D eigenvalue weighted by molar-refractivity contribution is -0.135. The summed E-state index contributed by atoms with van der Waals surface area (Å²) in [4.78, 5) is 0.755. The molecule has 9 heteroatoms. The van der Waals surface area contributed by atoms with E-state index >= 15 is 0 Å². The summed E-state index contributed by atoms with van der Waals surface area (Å²) in [6, 6.07) is 7.01. The quantitative estimate of drug-likeness (QED) is 0.611. The highest BCUT2D eigenvalue weighted by atomic mass is 32.2. The molecule has 0 aliphatic heterocycles. The summed E-state index contributed by atoms with van der Waals surface area (Å²) in [5.74, 6) is -0.00668. The first-order valence-electron chi connectivity index (χ1n) is 6.10. The van der Waals surface area contributed by atoms with Gasteiger partial charge in [0.05, 0.1) is 12.2 Å². The Morgan fingerprint density at radius 1 is 1.29 bits per heavy atom. The predicted molar refractivity (Wildman–Crippen MR) is 78.7 cm³/mol. The number of nitrogens with zero attached hydrogens (tertiary/aromatic N) is 1. The van der Waals surface area contributed by atoms with E-state index in [1.54, 1.807) is 24.3 Å². The number of halogens is 3. The van der Waals surface area contributed by atoms with Gasteiger partial charge in [0.25, 0.3) is 0 Å². The van der Waals surface area contributed by atoms with E-state index in [0.29, 0.717) is 5.69 Å². The Morgan fingerprint density at radius 3 is 2.48 bits per heavy atom. The maximum atomic E-state index is 12.1. The molecule has 0 radical (unpaired) electrons. The zero-order valence-corrected chi connectivity index (χ0v) is 13.1. The van der Waals surface area contributed by atoms with E-state index in [1.807, 2.05) is 0 Å². The van der Waals surface area contributed by atoms with Gasteiger partial charge in [0, 0.05) is 29.9 Å². The fourth-order valence-corrected chi connectivity index (χ4v) is 3.93. The van der Waals surface area contributed by atoms with Crippen LogP contribution in [0.3, 0.4) is 0 Å². The minimum atomic E-state index is -4.36. The van der Waals surface area contributed by atoms with Crippen molar-refractivity contribution in [2.24, 2.45) is 0 Å². The van der Waals surface area contributed by atoms with Gasteiger partial charge in [0.1, 0.15) is 0 Å². The van der Waals surface area contributed by atoms with Crippen molar-refractivity contribution in [3.8, 4) is 0 Å². The molecule has 0 heterocycles. The third-order valence-electron chi connectivity index (χ3n) is 2.70. The van der Waals surface area contributed by atoms with E-state index in [1.165, 1.54) is 11.8 Å². The number of hydrogen-bond acceptors (Lipinski definition) is 4. The van der Waals surface area contributed by atoms with Crippen molar-refractivity contribution in [2.75, 3.05) is 30.8 Å². The largest absolute Gasteiger partial charge is 0.398 e. The molecule has 1 aromatic carbocycles. The third-order valence-corrected chi connectivity index (χ3v) is 5.90. The van der Waals surface area contributed by atoms with Crippen LogP contribution in [0, 0.1) is 0 Å². The van der Waals surface area contributed by atoms with Gasteiger partial charge in [0.15, 0.2) is 0 Å². The number of benzene rings is 1. The van der Waals surface area contributed by atoms with Gasteiger partial charge in [-0.05, 0) is 12.1 Å². The molecular weight excluding hydrogens is 325 g/mol. The van der Waals surface area contributed by atoms with Gasteiger partial charge in [-0.15, -0.1) is 11.8 Å². The summed E-state index contributed by atoms with van der Waals surface area (Å²) >= 11 is 1.26. The number of para-hydroxylation sites is 1. The van der Waals surface area contributed by atoms with Crippen LogP contribution in [-0.4, -0.2) is 44.0 Å². The van der Waals surface area contributed by atoms with Crippen LogP contribution in [0.1, 0.15) is 6.42 Å². The number of alkyl halides is 3. The summed E-state index contributed by atoms with van der Waals surface area (Å²) in [7, 11) is -2.54. The number of nitrogens with two attached hydrogens (primary N) is 1. The Kier molecular flexibility index (Phi) is 6.36. The average molecular weight is 342 g/mol. The zero-order chi connectivity index (χ0) is 16.1. The Labute approximate surface area is 126 Å². The van der Waals surface area contributed by atoms with Gasteiger partial charge in [-0.1, -0.05) is 12.1 Å². The van der Waals surface area contributed by atoms with Gasteiger partial charge >= 0.3 is 6.18 Å². The van der Waals surface area contributed by atoms with Crippen molar-refractivity contribution in [2.45, 2.75) is 17.5 Å². The van der Waals surface area contributed by atoms with Crippen molar-refractivity contribution in [1.82, 2.24) is 4.31 Å². The fourth-order valence-electron chi connectivity index (χ4n) is 1.45. The number of nitrogen functional groups attached to an aromatic ring is 1. The molecule has 4 nitrogen and oxygen atoms in total. The molecule has 0 aliphatic carbocycles. The summed E-state index contributed by atoms with van der Waals surface area (Å²) in [5, 5.41) is 0. The second-order valence-electron chi connectivity index (χ2n) is 4.39. The highest BCUT2D eigenvalue weighted by Gasteiger charge is 2.29. The van der Waals surface area contributed by atoms with Crippen LogP contribution < -0.4 is 5.73 Å². The van der Waals surface area contributed by atoms with Crippen molar-refractivity contribution in [3.63, 3.8) is 0 Å². The van der Waals surface area contributed by atoms with Crippen LogP contribution >= 0.6 is 11.8 Å². The topological polar surface area (TPSA) is 63.4 Å². The number of thioether (sulfide) groups is 1. The molecule has 21 heavy (non-hydrogen) atoms. The third kappa shape index (κ3) is 6.58. The molecule has 0 aromatic heterocycles. The first-order valence-corrected chi connectivity index (χ1v) is 8.69. The lowest BCUT2D eigenvalue weighted by Crippen LogP contribution is -2.33. The van der Waals surface area contributed by atoms with Gasteiger partial charge in [-0.25, -0.2) is 12.7 Å². The van der Waals surface area contributed by atoms with Gasteiger partial charge in [0.2, 0.25) is 10.0 Å². The molecular formula is C12H17F3N2O2S2. The smallest absolute Gasteiger partial charge is 0.390 e. The number of sulfonamides is 1. The molecule has 0 atom stereocenters. The molecule has 2 N–H and O–H groups in total. The second-order valence-corrected chi connectivity index (χ2v) is 7.72. The molecule has 0 spiro atoms. The van der Waals surface area contributed by atoms with E-state index in [2.05, 4.69) is 0 Å². The molecule has 0 fully saturated rings. The van der Waals surface area contributed by atoms with Crippen LogP contribution in [0.5, 0.6) is 0 Å². The van der Waals surface area contributed by atoms with Crippen molar-refractivity contribution >= 4 is 27.5 Å². The van der Waals surface area contributed by atoms with E-state index in [4.69, 9.17) is 5.73 Å². The van der Waals surface area contributed by atoms with Crippen LogP contribution in [0.2, 0.25) is 0 Å².